The lowest BCUT2D eigenvalue weighted by molar-refractivity contribution is 0.0933. The molecule has 0 aliphatic heterocycles. The molecule has 1 amide bonds. The SMILES string of the molecule is CC1CCCC(NC(=O)c2cccc(S)c2)CC1. The van der Waals surface area contributed by atoms with Crippen LogP contribution in [0, 0.1) is 5.92 Å². The Labute approximate surface area is 115 Å². The number of benzene rings is 1. The average molecular weight is 263 g/mol. The van der Waals surface area contributed by atoms with Crippen molar-refractivity contribution in [1.82, 2.24) is 5.32 Å². The third kappa shape index (κ3) is 3.77. The van der Waals surface area contributed by atoms with Gasteiger partial charge in [-0.2, -0.15) is 0 Å². The highest BCUT2D eigenvalue weighted by molar-refractivity contribution is 7.80. The second-order valence-electron chi connectivity index (χ2n) is 5.33. The number of thiol groups is 1. The van der Waals surface area contributed by atoms with E-state index >= 15 is 0 Å². The number of nitrogens with one attached hydrogen (secondary N) is 1. The van der Waals surface area contributed by atoms with E-state index in [0.717, 1.165) is 23.7 Å². The third-order valence-electron chi connectivity index (χ3n) is 3.70. The molecule has 2 unspecified atom stereocenters. The zero-order chi connectivity index (χ0) is 13.0. The number of carbonyl (C=O) groups is 1. The Morgan fingerprint density at radius 2 is 2.11 bits per heavy atom. The maximum Gasteiger partial charge on any atom is 0.251 e. The van der Waals surface area contributed by atoms with E-state index in [-0.39, 0.29) is 5.91 Å². The molecule has 0 saturated heterocycles. The van der Waals surface area contributed by atoms with Gasteiger partial charge in [-0.3, -0.25) is 4.79 Å². The van der Waals surface area contributed by atoms with Crippen LogP contribution < -0.4 is 5.32 Å². The van der Waals surface area contributed by atoms with Gasteiger partial charge in [0.15, 0.2) is 0 Å². The van der Waals surface area contributed by atoms with Gasteiger partial charge >= 0.3 is 0 Å². The molecule has 98 valence electrons. The zero-order valence-electron chi connectivity index (χ0n) is 10.9. The summed E-state index contributed by atoms with van der Waals surface area (Å²) in [6, 6.07) is 7.75. The summed E-state index contributed by atoms with van der Waals surface area (Å²) in [6.45, 7) is 2.30. The van der Waals surface area contributed by atoms with Crippen molar-refractivity contribution in [3.8, 4) is 0 Å². The molecule has 1 fully saturated rings. The van der Waals surface area contributed by atoms with Gasteiger partial charge < -0.3 is 5.32 Å². The van der Waals surface area contributed by atoms with Crippen LogP contribution in [0.3, 0.4) is 0 Å². The maximum atomic E-state index is 12.1. The highest BCUT2D eigenvalue weighted by atomic mass is 32.1. The predicted octanol–water partition coefficient (Wildman–Crippen LogP) is 3.67. The molecule has 0 aromatic heterocycles. The van der Waals surface area contributed by atoms with E-state index in [9.17, 15) is 4.79 Å². The van der Waals surface area contributed by atoms with Gasteiger partial charge in [-0.1, -0.05) is 25.8 Å². The normalized spacial score (nSPS) is 24.3. The Bertz CT molecular complexity index is 419. The lowest BCUT2D eigenvalue weighted by Crippen LogP contribution is -2.34. The summed E-state index contributed by atoms with van der Waals surface area (Å²) < 4.78 is 0. The Morgan fingerprint density at radius 3 is 2.89 bits per heavy atom. The molecular formula is C15H21NOS. The number of rotatable bonds is 2. The summed E-state index contributed by atoms with van der Waals surface area (Å²) in [5, 5.41) is 3.15. The minimum absolute atomic E-state index is 0.0328. The summed E-state index contributed by atoms with van der Waals surface area (Å²) in [6.07, 6.45) is 5.94. The highest BCUT2D eigenvalue weighted by Gasteiger charge is 2.18. The van der Waals surface area contributed by atoms with Gasteiger partial charge in [-0.05, 0) is 43.4 Å². The van der Waals surface area contributed by atoms with E-state index < -0.39 is 0 Å². The molecule has 0 radical (unpaired) electrons. The van der Waals surface area contributed by atoms with Crippen LogP contribution in [-0.4, -0.2) is 11.9 Å². The first-order chi connectivity index (χ1) is 8.65. The van der Waals surface area contributed by atoms with E-state index in [1.807, 2.05) is 24.3 Å². The topological polar surface area (TPSA) is 29.1 Å². The Hall–Kier alpha value is -0.960. The van der Waals surface area contributed by atoms with Crippen molar-refractivity contribution < 1.29 is 4.79 Å². The molecule has 0 spiro atoms. The lowest BCUT2D eigenvalue weighted by Gasteiger charge is -2.16. The summed E-state index contributed by atoms with van der Waals surface area (Å²) >= 11 is 4.26. The maximum absolute atomic E-state index is 12.1. The molecule has 3 heteroatoms. The average Bonchev–Trinajstić information content (AvgIpc) is 2.54. The molecule has 1 aromatic rings. The quantitative estimate of drug-likeness (QED) is 0.618. The van der Waals surface area contributed by atoms with Crippen LogP contribution in [0.15, 0.2) is 29.2 Å². The second-order valence-corrected chi connectivity index (χ2v) is 5.85. The molecule has 1 aliphatic carbocycles. The molecule has 0 heterocycles. The van der Waals surface area contributed by atoms with Crippen molar-refractivity contribution in [3.63, 3.8) is 0 Å². The zero-order valence-corrected chi connectivity index (χ0v) is 11.7. The number of carbonyl (C=O) groups excluding carboxylic acids is 1. The van der Waals surface area contributed by atoms with E-state index in [4.69, 9.17) is 0 Å². The standard InChI is InChI=1S/C15H21NOS/c1-11-4-2-6-13(9-8-11)16-15(17)12-5-3-7-14(18)10-12/h3,5,7,10-11,13,18H,2,4,6,8-9H2,1H3,(H,16,17). The third-order valence-corrected chi connectivity index (χ3v) is 3.98. The lowest BCUT2D eigenvalue weighted by atomic mass is 10.0. The molecule has 1 aliphatic rings. The fourth-order valence-corrected chi connectivity index (χ4v) is 2.77. The van der Waals surface area contributed by atoms with Crippen LogP contribution in [-0.2, 0) is 0 Å². The van der Waals surface area contributed by atoms with Crippen molar-refractivity contribution >= 4 is 18.5 Å². The van der Waals surface area contributed by atoms with Crippen molar-refractivity contribution in [3.05, 3.63) is 29.8 Å². The minimum Gasteiger partial charge on any atom is -0.349 e. The summed E-state index contributed by atoms with van der Waals surface area (Å²) in [5.74, 6) is 0.832. The van der Waals surface area contributed by atoms with Crippen LogP contribution in [0.5, 0.6) is 0 Å². The monoisotopic (exact) mass is 263 g/mol. The largest absolute Gasteiger partial charge is 0.349 e. The van der Waals surface area contributed by atoms with Gasteiger partial charge in [0.2, 0.25) is 0 Å². The van der Waals surface area contributed by atoms with Crippen LogP contribution in [0.4, 0.5) is 0 Å². The molecular weight excluding hydrogens is 242 g/mol. The highest BCUT2D eigenvalue weighted by Crippen LogP contribution is 2.22. The van der Waals surface area contributed by atoms with Gasteiger partial charge in [-0.15, -0.1) is 12.6 Å². The van der Waals surface area contributed by atoms with Crippen LogP contribution in [0.25, 0.3) is 0 Å². The van der Waals surface area contributed by atoms with E-state index in [2.05, 4.69) is 24.9 Å². The van der Waals surface area contributed by atoms with Crippen LogP contribution in [0.2, 0.25) is 0 Å². The fraction of sp³-hybridized carbons (Fsp3) is 0.533. The molecule has 2 rings (SSSR count). The molecule has 2 atom stereocenters. The number of amides is 1. The van der Waals surface area contributed by atoms with Crippen LogP contribution in [0.1, 0.15) is 49.4 Å². The van der Waals surface area contributed by atoms with Crippen molar-refractivity contribution in [2.45, 2.75) is 50.0 Å². The van der Waals surface area contributed by atoms with E-state index in [0.29, 0.717) is 11.6 Å². The smallest absolute Gasteiger partial charge is 0.251 e. The second kappa shape index (κ2) is 6.28. The molecule has 2 nitrogen and oxygen atoms in total. The summed E-state index contributed by atoms with van der Waals surface area (Å²) in [4.78, 5) is 12.9. The summed E-state index contributed by atoms with van der Waals surface area (Å²) in [5.41, 5.74) is 0.708. The van der Waals surface area contributed by atoms with Gasteiger partial charge in [0.25, 0.3) is 5.91 Å². The number of hydrogen-bond acceptors (Lipinski definition) is 2. The Kier molecular flexibility index (Phi) is 4.70. The first-order valence-electron chi connectivity index (χ1n) is 6.75. The van der Waals surface area contributed by atoms with Crippen molar-refractivity contribution in [1.29, 1.82) is 0 Å². The molecule has 1 saturated carbocycles. The molecule has 1 N–H and O–H groups in total. The van der Waals surface area contributed by atoms with Crippen molar-refractivity contribution in [2.75, 3.05) is 0 Å². The first-order valence-corrected chi connectivity index (χ1v) is 7.20. The molecule has 18 heavy (non-hydrogen) atoms. The number of hydrogen-bond donors (Lipinski definition) is 2. The fourth-order valence-electron chi connectivity index (χ4n) is 2.55. The van der Waals surface area contributed by atoms with E-state index in [1.54, 1.807) is 0 Å². The Morgan fingerprint density at radius 1 is 1.28 bits per heavy atom. The van der Waals surface area contributed by atoms with E-state index in [1.165, 1.54) is 19.3 Å². The van der Waals surface area contributed by atoms with Gasteiger partial charge in [0, 0.05) is 16.5 Å². The van der Waals surface area contributed by atoms with Crippen molar-refractivity contribution in [2.24, 2.45) is 5.92 Å². The Balaban J connectivity index is 1.94. The minimum atomic E-state index is 0.0328. The first kappa shape index (κ1) is 13.5. The van der Waals surface area contributed by atoms with Crippen LogP contribution >= 0.6 is 12.6 Å². The molecule has 1 aromatic carbocycles. The van der Waals surface area contributed by atoms with Gasteiger partial charge in [0.1, 0.15) is 0 Å². The van der Waals surface area contributed by atoms with Gasteiger partial charge in [0.05, 0.1) is 0 Å². The van der Waals surface area contributed by atoms with Gasteiger partial charge in [-0.25, -0.2) is 0 Å². The summed E-state index contributed by atoms with van der Waals surface area (Å²) in [7, 11) is 0. The molecule has 0 bridgehead atoms. The predicted molar refractivity (Wildman–Crippen MR) is 77.2 cm³/mol.